The summed E-state index contributed by atoms with van der Waals surface area (Å²) in [6.07, 6.45) is 3.17. The highest BCUT2D eigenvalue weighted by molar-refractivity contribution is 5.81. The Hall–Kier alpha value is -1.15. The first-order chi connectivity index (χ1) is 17.6. The fraction of sp³-hybridized carbons (Fsp3) is 0.885. The molecule has 0 saturated heterocycles. The zero-order chi connectivity index (χ0) is 28.2. The molecule has 0 aliphatic heterocycles. The van der Waals surface area contributed by atoms with Gasteiger partial charge >= 0.3 is 0 Å². The summed E-state index contributed by atoms with van der Waals surface area (Å²) in [4.78, 5) is 12.2. The third-order valence-electron chi connectivity index (χ3n) is 6.47. The van der Waals surface area contributed by atoms with E-state index in [0.717, 1.165) is 19.3 Å². The van der Waals surface area contributed by atoms with E-state index in [1.165, 1.54) is 57.4 Å². The molecule has 1 amide bonds. The second-order valence-corrected chi connectivity index (χ2v) is 9.70. The van der Waals surface area contributed by atoms with E-state index in [1.807, 2.05) is 0 Å². The van der Waals surface area contributed by atoms with E-state index in [9.17, 15) is 45.6 Å². The van der Waals surface area contributed by atoms with E-state index in [1.54, 1.807) is 6.08 Å². The molecule has 0 aromatic heterocycles. The predicted octanol–water partition coefficient (Wildman–Crippen LogP) is -0.761. The molecule has 0 aromatic rings. The van der Waals surface area contributed by atoms with Crippen LogP contribution in [0.3, 0.4) is 0 Å². The lowest BCUT2D eigenvalue weighted by molar-refractivity contribution is -0.166. The molecule has 0 fully saturated rings. The lowest BCUT2D eigenvalue weighted by atomic mass is 9.96. The maximum absolute atomic E-state index is 12.2. The van der Waals surface area contributed by atoms with Gasteiger partial charge in [-0.2, -0.15) is 0 Å². The minimum atomic E-state index is -2.29. The standard InChI is InChI=1S/C26H51NO10/c1-2-3-4-5-6-7-8-9-10-11-12-13-14-15-19(30)18(16-28)27-26(37)25(36)24(35)23(34)22(33)21(32)20(31)17-29/h14-15,18-25,28-36H,2-13,16-17H2,1H3,(H,27,37). The Kier molecular flexibility index (Phi) is 21.1. The zero-order valence-corrected chi connectivity index (χ0v) is 22.1. The van der Waals surface area contributed by atoms with Crippen LogP contribution in [-0.2, 0) is 4.79 Å². The van der Waals surface area contributed by atoms with Crippen LogP contribution in [0, 0.1) is 0 Å². The molecule has 0 bridgehead atoms. The molecule has 37 heavy (non-hydrogen) atoms. The highest BCUT2D eigenvalue weighted by Crippen LogP contribution is 2.13. The molecule has 0 rings (SSSR count). The van der Waals surface area contributed by atoms with Gasteiger partial charge in [0.1, 0.15) is 30.5 Å². The van der Waals surface area contributed by atoms with Crippen LogP contribution in [0.2, 0.25) is 0 Å². The highest BCUT2D eigenvalue weighted by atomic mass is 16.4. The predicted molar refractivity (Wildman–Crippen MR) is 138 cm³/mol. The molecule has 11 nitrogen and oxygen atoms in total. The quantitative estimate of drug-likeness (QED) is 0.0581. The van der Waals surface area contributed by atoms with Crippen LogP contribution in [0.15, 0.2) is 12.2 Å². The number of nitrogens with one attached hydrogen (secondary N) is 1. The van der Waals surface area contributed by atoms with Gasteiger partial charge < -0.3 is 51.3 Å². The molecule has 8 atom stereocenters. The summed E-state index contributed by atoms with van der Waals surface area (Å²) in [5, 5.41) is 89.3. The van der Waals surface area contributed by atoms with Crippen LogP contribution < -0.4 is 5.32 Å². The van der Waals surface area contributed by atoms with E-state index in [0.29, 0.717) is 6.42 Å². The summed E-state index contributed by atoms with van der Waals surface area (Å²) < 4.78 is 0. The van der Waals surface area contributed by atoms with Crippen molar-refractivity contribution >= 4 is 5.91 Å². The van der Waals surface area contributed by atoms with Gasteiger partial charge in [0, 0.05) is 0 Å². The fourth-order valence-corrected chi connectivity index (χ4v) is 3.88. The van der Waals surface area contributed by atoms with Gasteiger partial charge in [-0.1, -0.05) is 83.3 Å². The first-order valence-electron chi connectivity index (χ1n) is 13.6. The summed E-state index contributed by atoms with van der Waals surface area (Å²) in [5.74, 6) is -1.24. The number of hydrogen-bond acceptors (Lipinski definition) is 10. The highest BCUT2D eigenvalue weighted by Gasteiger charge is 2.39. The third-order valence-corrected chi connectivity index (χ3v) is 6.47. The number of allylic oxidation sites excluding steroid dienone is 1. The maximum Gasteiger partial charge on any atom is 0.252 e. The van der Waals surface area contributed by atoms with Gasteiger partial charge in [-0.3, -0.25) is 4.79 Å². The largest absolute Gasteiger partial charge is 0.394 e. The molecule has 0 aromatic carbocycles. The number of aliphatic hydroxyl groups is 9. The summed E-state index contributed by atoms with van der Waals surface area (Å²) in [6, 6.07) is -1.20. The van der Waals surface area contributed by atoms with Crippen LogP contribution >= 0.6 is 0 Å². The molecule has 10 N–H and O–H groups in total. The number of carbonyl (C=O) groups excluding carboxylic acids is 1. The van der Waals surface area contributed by atoms with Crippen molar-refractivity contribution < 1.29 is 50.8 Å². The van der Waals surface area contributed by atoms with E-state index < -0.39 is 67.9 Å². The smallest absolute Gasteiger partial charge is 0.252 e. The Bertz CT molecular complexity index is 594. The Balaban J connectivity index is 4.34. The van der Waals surface area contributed by atoms with E-state index in [2.05, 4.69) is 12.2 Å². The summed E-state index contributed by atoms with van der Waals surface area (Å²) in [7, 11) is 0. The van der Waals surface area contributed by atoms with E-state index in [4.69, 9.17) is 5.11 Å². The van der Waals surface area contributed by atoms with Gasteiger partial charge in [0.2, 0.25) is 0 Å². The summed E-state index contributed by atoms with van der Waals surface area (Å²) in [5.41, 5.74) is 0. The third kappa shape index (κ3) is 15.1. The number of unbranched alkanes of at least 4 members (excludes halogenated alkanes) is 11. The average molecular weight is 538 g/mol. The van der Waals surface area contributed by atoms with Gasteiger partial charge in [-0.05, 0) is 12.8 Å². The molecule has 0 spiro atoms. The summed E-state index contributed by atoms with van der Waals surface area (Å²) in [6.45, 7) is 0.600. The molecule has 0 aliphatic rings. The van der Waals surface area contributed by atoms with Crippen LogP contribution in [0.4, 0.5) is 0 Å². The van der Waals surface area contributed by atoms with Crippen molar-refractivity contribution in [2.45, 2.75) is 133 Å². The van der Waals surface area contributed by atoms with Crippen molar-refractivity contribution in [1.82, 2.24) is 5.32 Å². The lowest BCUT2D eigenvalue weighted by Gasteiger charge is -2.30. The number of rotatable bonds is 23. The number of carbonyl (C=O) groups is 1. The van der Waals surface area contributed by atoms with Crippen LogP contribution in [-0.4, -0.2) is 114 Å². The molecule has 0 saturated carbocycles. The van der Waals surface area contributed by atoms with Gasteiger partial charge in [-0.15, -0.1) is 0 Å². The molecule has 220 valence electrons. The number of hydrogen-bond donors (Lipinski definition) is 10. The Morgan fingerprint density at radius 2 is 1.16 bits per heavy atom. The van der Waals surface area contributed by atoms with Crippen molar-refractivity contribution in [1.29, 1.82) is 0 Å². The van der Waals surface area contributed by atoms with Gasteiger partial charge in [0.15, 0.2) is 6.10 Å². The first-order valence-corrected chi connectivity index (χ1v) is 13.6. The second-order valence-electron chi connectivity index (χ2n) is 9.70. The Morgan fingerprint density at radius 1 is 0.676 bits per heavy atom. The average Bonchev–Trinajstić information content (AvgIpc) is 2.91. The Labute approximate surface area is 220 Å². The lowest BCUT2D eigenvalue weighted by Crippen LogP contribution is -2.57. The topological polar surface area (TPSA) is 211 Å². The SMILES string of the molecule is CCCCCCCCCCCCCC=CC(O)C(CO)NC(=O)C(O)C(O)C(O)C(O)C(O)C(O)CO. The molecular formula is C26H51NO10. The Morgan fingerprint density at radius 3 is 1.65 bits per heavy atom. The van der Waals surface area contributed by atoms with Gasteiger partial charge in [0.05, 0.1) is 25.4 Å². The normalized spacial score (nSPS) is 18.6. The molecule has 0 heterocycles. The monoisotopic (exact) mass is 537 g/mol. The second kappa shape index (κ2) is 21.7. The zero-order valence-electron chi connectivity index (χ0n) is 22.1. The van der Waals surface area contributed by atoms with Crippen LogP contribution in [0.25, 0.3) is 0 Å². The van der Waals surface area contributed by atoms with Gasteiger partial charge in [-0.25, -0.2) is 0 Å². The minimum Gasteiger partial charge on any atom is -0.394 e. The number of aliphatic hydroxyl groups excluding tert-OH is 9. The van der Waals surface area contributed by atoms with E-state index in [-0.39, 0.29) is 0 Å². The van der Waals surface area contributed by atoms with Gasteiger partial charge in [0.25, 0.3) is 5.91 Å². The molecule has 8 unspecified atom stereocenters. The van der Waals surface area contributed by atoms with Crippen LogP contribution in [0.1, 0.15) is 84.0 Å². The molecule has 11 heteroatoms. The van der Waals surface area contributed by atoms with Crippen molar-refractivity contribution in [2.75, 3.05) is 13.2 Å². The van der Waals surface area contributed by atoms with Crippen molar-refractivity contribution in [3.05, 3.63) is 12.2 Å². The molecule has 0 radical (unpaired) electrons. The van der Waals surface area contributed by atoms with Crippen molar-refractivity contribution in [3.63, 3.8) is 0 Å². The van der Waals surface area contributed by atoms with Crippen LogP contribution in [0.5, 0.6) is 0 Å². The molecular weight excluding hydrogens is 486 g/mol. The van der Waals surface area contributed by atoms with Crippen molar-refractivity contribution in [2.24, 2.45) is 0 Å². The van der Waals surface area contributed by atoms with Crippen molar-refractivity contribution in [3.8, 4) is 0 Å². The van der Waals surface area contributed by atoms with E-state index >= 15 is 0 Å². The minimum absolute atomic E-state index is 0.676. The fourth-order valence-electron chi connectivity index (χ4n) is 3.88. The molecule has 0 aliphatic carbocycles. The maximum atomic E-state index is 12.2. The number of amides is 1. The first kappa shape index (κ1) is 35.9. The summed E-state index contributed by atoms with van der Waals surface area (Å²) >= 11 is 0.